The number of alkyl carbamates (subject to hydrolysis) is 1. The minimum Gasteiger partial charge on any atom is -0.445 e. The SMILES string of the molecule is C=C[C@H](NC(=O)OCc1ccccc1)C1CN(C(=O)OC(C)(C)C)C1. The van der Waals surface area contributed by atoms with Crippen LogP contribution in [-0.2, 0) is 16.1 Å². The molecule has 6 heteroatoms. The smallest absolute Gasteiger partial charge is 0.410 e. The number of nitrogens with zero attached hydrogens (tertiary/aromatic N) is 1. The maximum Gasteiger partial charge on any atom is 0.410 e. The number of hydrogen-bond donors (Lipinski definition) is 1. The van der Waals surface area contributed by atoms with E-state index in [1.807, 2.05) is 51.1 Å². The van der Waals surface area contributed by atoms with Crippen LogP contribution < -0.4 is 5.32 Å². The van der Waals surface area contributed by atoms with E-state index in [-0.39, 0.29) is 24.7 Å². The van der Waals surface area contributed by atoms with Crippen molar-refractivity contribution in [2.24, 2.45) is 5.92 Å². The van der Waals surface area contributed by atoms with E-state index in [0.29, 0.717) is 13.1 Å². The third-order valence-electron chi connectivity index (χ3n) is 3.82. The van der Waals surface area contributed by atoms with Crippen LogP contribution in [0.2, 0.25) is 0 Å². The van der Waals surface area contributed by atoms with E-state index in [1.54, 1.807) is 11.0 Å². The number of amides is 2. The molecule has 136 valence electrons. The molecule has 2 amide bonds. The number of carbonyl (C=O) groups is 2. The molecule has 0 radical (unpaired) electrons. The summed E-state index contributed by atoms with van der Waals surface area (Å²) >= 11 is 0. The number of ether oxygens (including phenoxy) is 2. The number of likely N-dealkylation sites (tertiary alicyclic amines) is 1. The largest absolute Gasteiger partial charge is 0.445 e. The second-order valence-corrected chi connectivity index (χ2v) is 7.11. The summed E-state index contributed by atoms with van der Waals surface area (Å²) in [5.74, 6) is 0.106. The van der Waals surface area contributed by atoms with Crippen LogP contribution in [0.25, 0.3) is 0 Å². The maximum atomic E-state index is 11.9. The van der Waals surface area contributed by atoms with Crippen molar-refractivity contribution in [1.82, 2.24) is 10.2 Å². The Morgan fingerprint density at radius 2 is 1.96 bits per heavy atom. The minimum absolute atomic E-state index is 0.106. The molecule has 1 N–H and O–H groups in total. The first-order valence-electron chi connectivity index (χ1n) is 8.36. The molecule has 1 heterocycles. The van der Waals surface area contributed by atoms with Gasteiger partial charge in [0.25, 0.3) is 0 Å². The van der Waals surface area contributed by atoms with Crippen LogP contribution in [0.3, 0.4) is 0 Å². The summed E-state index contributed by atoms with van der Waals surface area (Å²) in [6.07, 6.45) is 0.837. The minimum atomic E-state index is -0.514. The monoisotopic (exact) mass is 346 g/mol. The molecule has 1 aromatic rings. The third-order valence-corrected chi connectivity index (χ3v) is 3.82. The van der Waals surface area contributed by atoms with Crippen molar-refractivity contribution in [2.45, 2.75) is 39.0 Å². The van der Waals surface area contributed by atoms with E-state index in [0.717, 1.165) is 5.56 Å². The number of benzene rings is 1. The summed E-state index contributed by atoms with van der Waals surface area (Å²) in [6, 6.07) is 9.23. The molecule has 1 aromatic carbocycles. The molecule has 6 nitrogen and oxygen atoms in total. The molecule has 1 saturated heterocycles. The average molecular weight is 346 g/mol. The van der Waals surface area contributed by atoms with Crippen LogP contribution in [-0.4, -0.2) is 41.8 Å². The van der Waals surface area contributed by atoms with E-state index < -0.39 is 11.7 Å². The molecular formula is C19H26N2O4. The zero-order valence-corrected chi connectivity index (χ0v) is 15.0. The van der Waals surface area contributed by atoms with Crippen molar-refractivity contribution in [1.29, 1.82) is 0 Å². The second-order valence-electron chi connectivity index (χ2n) is 7.11. The predicted molar refractivity (Wildman–Crippen MR) is 95.0 cm³/mol. The van der Waals surface area contributed by atoms with Gasteiger partial charge in [0.1, 0.15) is 12.2 Å². The van der Waals surface area contributed by atoms with Crippen LogP contribution in [0.4, 0.5) is 9.59 Å². The molecule has 25 heavy (non-hydrogen) atoms. The molecule has 1 aliphatic rings. The Morgan fingerprint density at radius 1 is 1.32 bits per heavy atom. The summed E-state index contributed by atoms with van der Waals surface area (Å²) in [6.45, 7) is 10.5. The lowest BCUT2D eigenvalue weighted by molar-refractivity contribution is -0.00413. The first-order valence-corrected chi connectivity index (χ1v) is 8.36. The molecule has 1 fully saturated rings. The average Bonchev–Trinajstić information content (AvgIpc) is 2.49. The van der Waals surface area contributed by atoms with Crippen LogP contribution in [0, 0.1) is 5.92 Å². The molecule has 0 aliphatic carbocycles. The van der Waals surface area contributed by atoms with Gasteiger partial charge in [0.2, 0.25) is 0 Å². The first kappa shape index (κ1) is 18.8. The van der Waals surface area contributed by atoms with Gasteiger partial charge in [0, 0.05) is 19.0 Å². The fraction of sp³-hybridized carbons (Fsp3) is 0.474. The van der Waals surface area contributed by atoms with Crippen molar-refractivity contribution < 1.29 is 19.1 Å². The van der Waals surface area contributed by atoms with E-state index in [4.69, 9.17) is 9.47 Å². The molecule has 0 aromatic heterocycles. The van der Waals surface area contributed by atoms with Gasteiger partial charge in [-0.25, -0.2) is 9.59 Å². The van der Waals surface area contributed by atoms with Gasteiger partial charge in [-0.15, -0.1) is 6.58 Å². The molecule has 1 atom stereocenters. The van der Waals surface area contributed by atoms with Gasteiger partial charge in [-0.1, -0.05) is 36.4 Å². The predicted octanol–water partition coefficient (Wildman–Crippen LogP) is 3.33. The van der Waals surface area contributed by atoms with Gasteiger partial charge in [-0.2, -0.15) is 0 Å². The molecule has 1 aliphatic heterocycles. The van der Waals surface area contributed by atoms with Crippen molar-refractivity contribution in [3.05, 3.63) is 48.6 Å². The van der Waals surface area contributed by atoms with Gasteiger partial charge in [0.15, 0.2) is 0 Å². The zero-order chi connectivity index (χ0) is 18.4. The highest BCUT2D eigenvalue weighted by Crippen LogP contribution is 2.23. The Bertz CT molecular complexity index is 604. The van der Waals surface area contributed by atoms with E-state index in [2.05, 4.69) is 11.9 Å². The number of hydrogen-bond acceptors (Lipinski definition) is 4. The fourth-order valence-corrected chi connectivity index (χ4v) is 2.49. The number of carbonyl (C=O) groups excluding carboxylic acids is 2. The highest BCUT2D eigenvalue weighted by atomic mass is 16.6. The van der Waals surface area contributed by atoms with Crippen molar-refractivity contribution in [3.8, 4) is 0 Å². The van der Waals surface area contributed by atoms with Crippen molar-refractivity contribution in [3.63, 3.8) is 0 Å². The van der Waals surface area contributed by atoms with Gasteiger partial charge < -0.3 is 19.7 Å². The molecular weight excluding hydrogens is 320 g/mol. The lowest BCUT2D eigenvalue weighted by Gasteiger charge is -2.42. The first-order chi connectivity index (χ1) is 11.8. The van der Waals surface area contributed by atoms with Gasteiger partial charge >= 0.3 is 12.2 Å². The van der Waals surface area contributed by atoms with E-state index in [1.165, 1.54) is 0 Å². The number of rotatable bonds is 5. The molecule has 0 saturated carbocycles. The van der Waals surface area contributed by atoms with E-state index >= 15 is 0 Å². The highest BCUT2D eigenvalue weighted by molar-refractivity contribution is 5.70. The molecule has 0 spiro atoms. The maximum absolute atomic E-state index is 11.9. The van der Waals surface area contributed by atoms with Gasteiger partial charge in [0.05, 0.1) is 6.04 Å². The molecule has 2 rings (SSSR count). The Kier molecular flexibility index (Phi) is 6.07. The van der Waals surface area contributed by atoms with Crippen LogP contribution in [0.5, 0.6) is 0 Å². The third kappa shape index (κ3) is 5.81. The fourth-order valence-electron chi connectivity index (χ4n) is 2.49. The lowest BCUT2D eigenvalue weighted by atomic mass is 9.92. The van der Waals surface area contributed by atoms with Crippen molar-refractivity contribution in [2.75, 3.05) is 13.1 Å². The summed E-state index contributed by atoms with van der Waals surface area (Å²) in [7, 11) is 0. The summed E-state index contributed by atoms with van der Waals surface area (Å²) < 4.78 is 10.5. The topological polar surface area (TPSA) is 67.9 Å². The molecule has 0 unspecified atom stereocenters. The Hall–Kier alpha value is -2.50. The van der Waals surface area contributed by atoms with Crippen LogP contribution in [0.1, 0.15) is 26.3 Å². The van der Waals surface area contributed by atoms with E-state index in [9.17, 15) is 9.59 Å². The Labute approximate surface area is 148 Å². The van der Waals surface area contributed by atoms with Crippen molar-refractivity contribution >= 4 is 12.2 Å². The highest BCUT2D eigenvalue weighted by Gasteiger charge is 2.37. The Morgan fingerprint density at radius 3 is 2.52 bits per heavy atom. The second kappa shape index (κ2) is 8.05. The Balaban J connectivity index is 1.75. The quantitative estimate of drug-likeness (QED) is 0.831. The summed E-state index contributed by atoms with van der Waals surface area (Å²) in [5, 5.41) is 2.79. The summed E-state index contributed by atoms with van der Waals surface area (Å²) in [4.78, 5) is 25.5. The normalized spacial score (nSPS) is 15.7. The lowest BCUT2D eigenvalue weighted by Crippen LogP contribution is -2.58. The number of nitrogens with one attached hydrogen (secondary N) is 1. The van der Waals surface area contributed by atoms with Crippen LogP contribution in [0.15, 0.2) is 43.0 Å². The van der Waals surface area contributed by atoms with Gasteiger partial charge in [-0.05, 0) is 26.3 Å². The van der Waals surface area contributed by atoms with Crippen LogP contribution >= 0.6 is 0 Å². The van der Waals surface area contributed by atoms with Gasteiger partial charge in [-0.3, -0.25) is 0 Å². The standard InChI is InChI=1S/C19H26N2O4/c1-5-16(15-11-21(12-15)18(23)25-19(2,3)4)20-17(22)24-13-14-9-7-6-8-10-14/h5-10,15-16H,1,11-13H2,2-4H3,(H,20,22)/t16-/m0/s1. The summed E-state index contributed by atoms with van der Waals surface area (Å²) in [5.41, 5.74) is 0.409. The molecule has 0 bridgehead atoms. The zero-order valence-electron chi connectivity index (χ0n) is 15.0.